The van der Waals surface area contributed by atoms with Crippen LogP contribution in [0.3, 0.4) is 0 Å². The van der Waals surface area contributed by atoms with E-state index in [1.807, 2.05) is 61.5 Å². The molecule has 12 heteroatoms. The van der Waals surface area contributed by atoms with Crippen LogP contribution in [0.15, 0.2) is 79.0 Å². The van der Waals surface area contributed by atoms with Gasteiger partial charge in [-0.15, -0.1) is 0 Å². The molecule has 0 saturated heterocycles. The number of aromatic nitrogens is 4. The lowest BCUT2D eigenvalue weighted by Crippen LogP contribution is -2.21. The second kappa shape index (κ2) is 12.9. The van der Waals surface area contributed by atoms with E-state index in [4.69, 9.17) is 15.6 Å². The summed E-state index contributed by atoms with van der Waals surface area (Å²) in [5.41, 5.74) is 8.65. The summed E-state index contributed by atoms with van der Waals surface area (Å²) in [7, 11) is 0. The fourth-order valence-electron chi connectivity index (χ4n) is 4.35. The third kappa shape index (κ3) is 6.77. The smallest absolute Gasteiger partial charge is 0.324 e. The zero-order valence-corrected chi connectivity index (χ0v) is 25.1. The molecule has 0 aliphatic rings. The summed E-state index contributed by atoms with van der Waals surface area (Å²) in [6.45, 7) is 4.17. The van der Waals surface area contributed by atoms with Gasteiger partial charge in [0.25, 0.3) is 0 Å². The second-order valence-corrected chi connectivity index (χ2v) is 11.0. The maximum Gasteiger partial charge on any atom is 0.324 e. The summed E-state index contributed by atoms with van der Waals surface area (Å²) >= 11 is 2.39. The van der Waals surface area contributed by atoms with Crippen LogP contribution in [-0.4, -0.2) is 31.8 Å². The Balaban J connectivity index is 1.40. The normalized spacial score (nSPS) is 11.6. The number of hydrogen-bond acceptors (Lipinski definition) is 6. The van der Waals surface area contributed by atoms with Gasteiger partial charge in [0.15, 0.2) is 0 Å². The lowest BCUT2D eigenvalue weighted by molar-refractivity contribution is 0.259. The van der Waals surface area contributed by atoms with Crippen LogP contribution in [-0.2, 0) is 0 Å². The molecule has 2 aromatic heterocycles. The van der Waals surface area contributed by atoms with E-state index in [-0.39, 0.29) is 15.8 Å². The summed E-state index contributed by atoms with van der Waals surface area (Å²) < 4.78 is 7.98. The third-order valence-electron chi connectivity index (χ3n) is 6.32. The number of anilines is 3. The van der Waals surface area contributed by atoms with Gasteiger partial charge in [0, 0.05) is 29.1 Å². The zero-order chi connectivity index (χ0) is 29.6. The fraction of sp³-hybridized carbons (Fsp3) is 0.167. The second-order valence-electron chi connectivity index (χ2n) is 9.50. The van der Waals surface area contributed by atoms with Crippen molar-refractivity contribution in [1.29, 1.82) is 0 Å². The SMILES string of the molecule is CCCC(I)c1cc(NC(=O)Nc2ccc(Oc3ccnc(NC(N)=O)n3)c3ccccc23)n(-c2ccc(C)cc2)n1. The monoisotopic (exact) mass is 676 g/mol. The maximum atomic E-state index is 13.3. The van der Waals surface area contributed by atoms with Crippen molar-refractivity contribution in [2.24, 2.45) is 5.73 Å². The van der Waals surface area contributed by atoms with Crippen molar-refractivity contribution >= 4 is 62.9 Å². The van der Waals surface area contributed by atoms with Gasteiger partial charge in [-0.1, -0.05) is 77.9 Å². The first kappa shape index (κ1) is 28.8. The predicted molar refractivity (Wildman–Crippen MR) is 172 cm³/mol. The molecule has 11 nitrogen and oxygen atoms in total. The number of ether oxygens (including phenoxy) is 1. The molecule has 0 spiro atoms. The highest BCUT2D eigenvalue weighted by molar-refractivity contribution is 14.1. The molecule has 5 rings (SSSR count). The van der Waals surface area contributed by atoms with Crippen LogP contribution < -0.4 is 26.4 Å². The van der Waals surface area contributed by atoms with Crippen molar-refractivity contribution in [2.75, 3.05) is 16.0 Å². The Kier molecular flexibility index (Phi) is 8.81. The van der Waals surface area contributed by atoms with Gasteiger partial charge in [-0.25, -0.2) is 19.3 Å². The number of nitrogens with zero attached hydrogens (tertiary/aromatic N) is 4. The first-order valence-corrected chi connectivity index (χ1v) is 14.5. The standard InChI is InChI=1S/C30H29IN8O3/c1-3-6-22(31)24-17-26(39(38-24)19-11-9-18(2)10-12-19)35-30(41)34-23-13-14-25(21-8-5-4-7-20(21)23)42-27-15-16-33-29(36-27)37-28(32)40/h4-5,7-17,22H,3,6H2,1-2H3,(H2,34,35,41)(H3,32,33,36,37,40). The highest BCUT2D eigenvalue weighted by Crippen LogP contribution is 2.35. The number of aryl methyl sites for hydroxylation is 1. The average molecular weight is 677 g/mol. The lowest BCUT2D eigenvalue weighted by Gasteiger charge is -2.14. The number of primary amides is 1. The Bertz CT molecular complexity index is 1740. The number of carbonyl (C=O) groups is 2. The highest BCUT2D eigenvalue weighted by atomic mass is 127. The quantitative estimate of drug-likeness (QED) is 0.0949. The van der Waals surface area contributed by atoms with E-state index in [2.05, 4.69) is 55.4 Å². The van der Waals surface area contributed by atoms with E-state index < -0.39 is 12.1 Å². The van der Waals surface area contributed by atoms with Crippen LogP contribution >= 0.6 is 22.6 Å². The van der Waals surface area contributed by atoms with E-state index in [9.17, 15) is 9.59 Å². The number of benzene rings is 3. The van der Waals surface area contributed by atoms with Gasteiger partial charge in [-0.05, 0) is 37.6 Å². The minimum absolute atomic E-state index is 0.0240. The molecule has 214 valence electrons. The molecule has 1 unspecified atom stereocenters. The molecular weight excluding hydrogens is 647 g/mol. The topological polar surface area (TPSA) is 149 Å². The minimum Gasteiger partial charge on any atom is -0.438 e. The molecule has 0 radical (unpaired) electrons. The Morgan fingerprint density at radius 1 is 1.00 bits per heavy atom. The Morgan fingerprint density at radius 3 is 2.50 bits per heavy atom. The molecule has 0 fully saturated rings. The molecule has 2 heterocycles. The summed E-state index contributed by atoms with van der Waals surface area (Å²) in [5.74, 6) is 1.31. The minimum atomic E-state index is -0.778. The molecule has 3 aromatic carbocycles. The number of carbonyl (C=O) groups excluding carboxylic acids is 2. The summed E-state index contributed by atoms with van der Waals surface area (Å²) in [6.07, 6.45) is 3.46. The first-order chi connectivity index (χ1) is 20.3. The van der Waals surface area contributed by atoms with Gasteiger partial charge >= 0.3 is 12.1 Å². The summed E-state index contributed by atoms with van der Waals surface area (Å²) in [5, 5.41) is 14.6. The van der Waals surface area contributed by atoms with Crippen molar-refractivity contribution in [2.45, 2.75) is 30.6 Å². The molecule has 0 saturated carbocycles. The van der Waals surface area contributed by atoms with Crippen molar-refractivity contribution in [3.63, 3.8) is 0 Å². The number of halogens is 1. The number of rotatable bonds is 9. The molecule has 4 amide bonds. The number of alkyl halides is 1. The van der Waals surface area contributed by atoms with Crippen molar-refractivity contribution in [3.05, 3.63) is 90.3 Å². The third-order valence-corrected chi connectivity index (χ3v) is 7.58. The van der Waals surface area contributed by atoms with Crippen LogP contribution in [0.1, 0.15) is 34.9 Å². The van der Waals surface area contributed by atoms with Crippen molar-refractivity contribution in [1.82, 2.24) is 19.7 Å². The van der Waals surface area contributed by atoms with Gasteiger partial charge in [0.1, 0.15) is 11.6 Å². The van der Waals surface area contributed by atoms with Crippen LogP contribution in [0.4, 0.5) is 27.0 Å². The molecule has 1 atom stereocenters. The number of fused-ring (bicyclic) bond motifs is 1. The Labute approximate surface area is 256 Å². The summed E-state index contributed by atoms with van der Waals surface area (Å²) in [6, 6.07) is 21.3. The van der Waals surface area contributed by atoms with E-state index in [0.29, 0.717) is 17.3 Å². The van der Waals surface area contributed by atoms with Crippen LogP contribution in [0, 0.1) is 6.92 Å². The van der Waals surface area contributed by atoms with Crippen LogP contribution in [0.2, 0.25) is 0 Å². The number of amides is 4. The van der Waals surface area contributed by atoms with E-state index in [0.717, 1.165) is 40.6 Å². The number of hydrogen-bond donors (Lipinski definition) is 4. The highest BCUT2D eigenvalue weighted by Gasteiger charge is 2.18. The van der Waals surface area contributed by atoms with Gasteiger partial charge < -0.3 is 15.8 Å². The van der Waals surface area contributed by atoms with Crippen molar-refractivity contribution < 1.29 is 14.3 Å². The molecule has 0 aliphatic carbocycles. The zero-order valence-electron chi connectivity index (χ0n) is 23.0. The van der Waals surface area contributed by atoms with Gasteiger partial charge in [-0.2, -0.15) is 10.1 Å². The Morgan fingerprint density at radius 2 is 1.76 bits per heavy atom. The average Bonchev–Trinajstić information content (AvgIpc) is 3.38. The molecular formula is C30H29IN8O3. The molecule has 0 bridgehead atoms. The number of nitrogens with two attached hydrogens (primary N) is 1. The van der Waals surface area contributed by atoms with Gasteiger partial charge in [0.2, 0.25) is 11.8 Å². The number of nitrogens with one attached hydrogen (secondary N) is 3. The van der Waals surface area contributed by atoms with Crippen LogP contribution in [0.25, 0.3) is 16.5 Å². The van der Waals surface area contributed by atoms with E-state index in [1.165, 1.54) is 6.20 Å². The van der Waals surface area contributed by atoms with E-state index >= 15 is 0 Å². The first-order valence-electron chi connectivity index (χ1n) is 13.3. The molecule has 42 heavy (non-hydrogen) atoms. The van der Waals surface area contributed by atoms with Crippen molar-refractivity contribution in [3.8, 4) is 17.3 Å². The maximum absolute atomic E-state index is 13.3. The summed E-state index contributed by atoms with van der Waals surface area (Å²) in [4.78, 5) is 32.6. The van der Waals surface area contributed by atoms with Gasteiger partial charge in [-0.3, -0.25) is 10.6 Å². The van der Waals surface area contributed by atoms with Gasteiger partial charge in [0.05, 0.1) is 21.0 Å². The largest absolute Gasteiger partial charge is 0.438 e. The lowest BCUT2D eigenvalue weighted by atomic mass is 10.1. The number of urea groups is 2. The molecule has 0 aliphatic heterocycles. The Hall–Kier alpha value is -4.72. The predicted octanol–water partition coefficient (Wildman–Crippen LogP) is 7.33. The molecule has 5 aromatic rings. The fourth-order valence-corrected chi connectivity index (χ4v) is 5.27. The molecule has 5 N–H and O–H groups in total. The van der Waals surface area contributed by atoms with E-state index in [1.54, 1.807) is 22.9 Å². The van der Waals surface area contributed by atoms with Crippen LogP contribution in [0.5, 0.6) is 11.6 Å².